The van der Waals surface area contributed by atoms with Crippen LogP contribution in [0.2, 0.25) is 0 Å². The Kier molecular flexibility index (Phi) is 4.82. The highest BCUT2D eigenvalue weighted by Crippen LogP contribution is 2.07. The Morgan fingerprint density at radius 1 is 1.44 bits per heavy atom. The number of aryl methyl sites for hydroxylation is 1. The van der Waals surface area contributed by atoms with Crippen molar-refractivity contribution in [3.63, 3.8) is 0 Å². The summed E-state index contributed by atoms with van der Waals surface area (Å²) in [6.07, 6.45) is 2.55. The highest BCUT2D eigenvalue weighted by atomic mass is 16.5. The van der Waals surface area contributed by atoms with Crippen molar-refractivity contribution < 1.29 is 14.1 Å². The van der Waals surface area contributed by atoms with Gasteiger partial charge >= 0.3 is 5.97 Å². The lowest BCUT2D eigenvalue weighted by molar-refractivity contribution is -0.143. The van der Waals surface area contributed by atoms with Crippen molar-refractivity contribution in [2.24, 2.45) is 0 Å². The van der Waals surface area contributed by atoms with E-state index in [1.807, 2.05) is 0 Å². The molecule has 1 aromatic heterocycles. The Labute approximate surface area is 93.8 Å². The molecule has 0 aliphatic rings. The minimum Gasteiger partial charge on any atom is -0.466 e. The third-order valence-corrected chi connectivity index (χ3v) is 2.36. The molecule has 5 heteroatoms. The second kappa shape index (κ2) is 6.15. The molecular weight excluding hydrogens is 210 g/mol. The number of carbonyl (C=O) groups excluding carboxylic acids is 1. The SMILES string of the molecule is CCOC(=O)CCCCc1c(C)o[nH]c1=O. The van der Waals surface area contributed by atoms with Gasteiger partial charge in [0.2, 0.25) is 0 Å². The van der Waals surface area contributed by atoms with Crippen LogP contribution in [0.15, 0.2) is 9.32 Å². The molecular formula is C11H17NO4. The average Bonchev–Trinajstić information content (AvgIpc) is 2.55. The topological polar surface area (TPSA) is 72.3 Å². The number of aromatic nitrogens is 1. The van der Waals surface area contributed by atoms with Crippen LogP contribution < -0.4 is 5.56 Å². The molecule has 0 radical (unpaired) electrons. The molecule has 0 saturated heterocycles. The summed E-state index contributed by atoms with van der Waals surface area (Å²) >= 11 is 0. The number of ether oxygens (including phenoxy) is 1. The zero-order valence-corrected chi connectivity index (χ0v) is 9.67. The van der Waals surface area contributed by atoms with Crippen LogP contribution in [0.1, 0.15) is 37.5 Å². The minimum atomic E-state index is -0.180. The van der Waals surface area contributed by atoms with E-state index in [4.69, 9.17) is 9.26 Å². The van der Waals surface area contributed by atoms with E-state index in [-0.39, 0.29) is 11.5 Å². The molecule has 90 valence electrons. The highest BCUT2D eigenvalue weighted by molar-refractivity contribution is 5.69. The first-order valence-electron chi connectivity index (χ1n) is 5.47. The van der Waals surface area contributed by atoms with E-state index in [0.29, 0.717) is 30.8 Å². The van der Waals surface area contributed by atoms with Crippen LogP contribution in [0.5, 0.6) is 0 Å². The van der Waals surface area contributed by atoms with Crippen molar-refractivity contribution in [3.05, 3.63) is 21.7 Å². The molecule has 0 unspecified atom stereocenters. The monoisotopic (exact) mass is 227 g/mol. The number of unbranched alkanes of at least 4 members (excludes halogenated alkanes) is 1. The molecule has 0 amide bonds. The summed E-state index contributed by atoms with van der Waals surface area (Å²) in [5.74, 6) is 0.446. The normalized spacial score (nSPS) is 10.4. The molecule has 16 heavy (non-hydrogen) atoms. The smallest absolute Gasteiger partial charge is 0.305 e. The lowest BCUT2D eigenvalue weighted by Gasteiger charge is -2.00. The predicted molar refractivity (Wildman–Crippen MR) is 58.3 cm³/mol. The van der Waals surface area contributed by atoms with Crippen LogP contribution in [-0.4, -0.2) is 17.7 Å². The van der Waals surface area contributed by atoms with Gasteiger partial charge in [0.05, 0.1) is 12.2 Å². The maximum atomic E-state index is 11.2. The van der Waals surface area contributed by atoms with E-state index >= 15 is 0 Å². The molecule has 1 heterocycles. The van der Waals surface area contributed by atoms with Crippen LogP contribution in [-0.2, 0) is 16.0 Å². The molecule has 0 saturated carbocycles. The van der Waals surface area contributed by atoms with Crippen LogP contribution in [0.3, 0.4) is 0 Å². The van der Waals surface area contributed by atoms with Gasteiger partial charge in [0.1, 0.15) is 5.76 Å². The summed E-state index contributed by atoms with van der Waals surface area (Å²) in [5, 5.41) is 2.28. The van der Waals surface area contributed by atoms with Crippen molar-refractivity contribution in [3.8, 4) is 0 Å². The molecule has 5 nitrogen and oxygen atoms in total. The minimum absolute atomic E-state index is 0.173. The molecule has 1 N–H and O–H groups in total. The fourth-order valence-electron chi connectivity index (χ4n) is 1.50. The van der Waals surface area contributed by atoms with Crippen molar-refractivity contribution in [1.29, 1.82) is 0 Å². The van der Waals surface area contributed by atoms with Crippen LogP contribution >= 0.6 is 0 Å². The van der Waals surface area contributed by atoms with Gasteiger partial charge in [0.25, 0.3) is 5.56 Å². The largest absolute Gasteiger partial charge is 0.466 e. The molecule has 1 aromatic rings. The molecule has 1 rings (SSSR count). The standard InChI is InChI=1S/C11H17NO4/c1-3-15-10(13)7-5-4-6-9-8(2)16-12-11(9)14/h3-7H2,1-2H3,(H,12,14). The molecule has 0 aromatic carbocycles. The average molecular weight is 227 g/mol. The van der Waals surface area contributed by atoms with Crippen molar-refractivity contribution in [2.45, 2.75) is 39.5 Å². The van der Waals surface area contributed by atoms with E-state index in [2.05, 4.69) is 5.16 Å². The van der Waals surface area contributed by atoms with Gasteiger partial charge in [0, 0.05) is 6.42 Å². The lowest BCUT2D eigenvalue weighted by Crippen LogP contribution is -2.07. The number of rotatable bonds is 6. The maximum absolute atomic E-state index is 11.2. The van der Waals surface area contributed by atoms with Gasteiger partial charge in [-0.1, -0.05) is 0 Å². The summed E-state index contributed by atoms with van der Waals surface area (Å²) in [6, 6.07) is 0. The fourth-order valence-corrected chi connectivity index (χ4v) is 1.50. The second-order valence-electron chi connectivity index (χ2n) is 3.58. The van der Waals surface area contributed by atoms with E-state index < -0.39 is 0 Å². The Balaban J connectivity index is 2.26. The van der Waals surface area contributed by atoms with Gasteiger partial charge < -0.3 is 9.26 Å². The van der Waals surface area contributed by atoms with Gasteiger partial charge in [-0.05, 0) is 33.1 Å². The molecule has 0 fully saturated rings. The van der Waals surface area contributed by atoms with E-state index in [1.165, 1.54) is 0 Å². The highest BCUT2D eigenvalue weighted by Gasteiger charge is 2.08. The number of hydrogen-bond donors (Lipinski definition) is 1. The van der Waals surface area contributed by atoms with Gasteiger partial charge in [-0.2, -0.15) is 5.16 Å². The third kappa shape index (κ3) is 3.56. The molecule has 0 aliphatic carbocycles. The summed E-state index contributed by atoms with van der Waals surface area (Å²) < 4.78 is 9.68. The number of hydrogen-bond acceptors (Lipinski definition) is 4. The van der Waals surface area contributed by atoms with Crippen molar-refractivity contribution in [1.82, 2.24) is 5.16 Å². The molecule has 0 spiro atoms. The zero-order chi connectivity index (χ0) is 12.0. The van der Waals surface area contributed by atoms with Crippen molar-refractivity contribution in [2.75, 3.05) is 6.61 Å². The summed E-state index contributed by atoms with van der Waals surface area (Å²) in [5.41, 5.74) is 0.498. The number of carbonyl (C=O) groups is 1. The number of esters is 1. The number of nitrogens with one attached hydrogen (secondary N) is 1. The van der Waals surface area contributed by atoms with Gasteiger partial charge in [-0.15, -0.1) is 0 Å². The summed E-state index contributed by atoms with van der Waals surface area (Å²) in [7, 11) is 0. The Bertz CT molecular complexity index is 391. The zero-order valence-electron chi connectivity index (χ0n) is 9.67. The first kappa shape index (κ1) is 12.5. The van der Waals surface area contributed by atoms with Gasteiger partial charge in [-0.25, -0.2) is 0 Å². The first-order valence-corrected chi connectivity index (χ1v) is 5.47. The van der Waals surface area contributed by atoms with Crippen LogP contribution in [0.4, 0.5) is 0 Å². The quantitative estimate of drug-likeness (QED) is 0.591. The summed E-state index contributed by atoms with van der Waals surface area (Å²) in [4.78, 5) is 22.3. The molecule has 0 atom stereocenters. The predicted octanol–water partition coefficient (Wildman–Crippen LogP) is 1.55. The molecule has 0 bridgehead atoms. The summed E-state index contributed by atoms with van der Waals surface area (Å²) in [6.45, 7) is 3.95. The maximum Gasteiger partial charge on any atom is 0.305 e. The Morgan fingerprint density at radius 3 is 2.75 bits per heavy atom. The second-order valence-corrected chi connectivity index (χ2v) is 3.58. The molecule has 0 aliphatic heterocycles. The number of H-pyrrole nitrogens is 1. The van der Waals surface area contributed by atoms with Gasteiger partial charge in [-0.3, -0.25) is 9.59 Å². The van der Waals surface area contributed by atoms with Gasteiger partial charge in [0.15, 0.2) is 0 Å². The first-order chi connectivity index (χ1) is 7.65. The van der Waals surface area contributed by atoms with E-state index in [9.17, 15) is 9.59 Å². The number of aromatic amines is 1. The van der Waals surface area contributed by atoms with Crippen LogP contribution in [0, 0.1) is 6.92 Å². The lowest BCUT2D eigenvalue weighted by atomic mass is 10.1. The Morgan fingerprint density at radius 2 is 2.19 bits per heavy atom. The van der Waals surface area contributed by atoms with Crippen LogP contribution in [0.25, 0.3) is 0 Å². The van der Waals surface area contributed by atoms with E-state index in [1.54, 1.807) is 13.8 Å². The Hall–Kier alpha value is -1.52. The van der Waals surface area contributed by atoms with Crippen molar-refractivity contribution >= 4 is 5.97 Å². The van der Waals surface area contributed by atoms with E-state index in [0.717, 1.165) is 12.8 Å². The third-order valence-electron chi connectivity index (χ3n) is 2.36. The fraction of sp³-hybridized carbons (Fsp3) is 0.636.